The molecule has 6 nitrogen and oxygen atoms in total. The molecule has 1 amide bonds. The largest absolute Gasteiger partial charge is 0.390 e. The number of amides is 1. The van der Waals surface area contributed by atoms with Crippen molar-refractivity contribution < 1.29 is 9.90 Å². The number of carbonyl (C=O) groups is 1. The van der Waals surface area contributed by atoms with Gasteiger partial charge in [0.2, 0.25) is 0 Å². The first kappa shape index (κ1) is 22.1. The summed E-state index contributed by atoms with van der Waals surface area (Å²) in [6, 6.07) is 12.8. The number of pyridine rings is 1. The number of aromatic nitrogens is 1. The first-order chi connectivity index (χ1) is 15.1. The Hall–Kier alpha value is -2.15. The fourth-order valence-electron chi connectivity index (χ4n) is 3.59. The van der Waals surface area contributed by atoms with E-state index in [-0.39, 0.29) is 11.1 Å². The molecule has 166 valence electrons. The number of anilines is 1. The van der Waals surface area contributed by atoms with Crippen LogP contribution >= 0.6 is 11.6 Å². The zero-order valence-corrected chi connectivity index (χ0v) is 18.4. The number of aliphatic hydroxyl groups excluding tert-OH is 1. The second-order valence-corrected chi connectivity index (χ2v) is 9.21. The van der Waals surface area contributed by atoms with E-state index in [0.29, 0.717) is 30.3 Å². The van der Waals surface area contributed by atoms with E-state index >= 15 is 0 Å². The quantitative estimate of drug-likeness (QED) is 0.379. The van der Waals surface area contributed by atoms with Gasteiger partial charge >= 0.3 is 0 Å². The van der Waals surface area contributed by atoms with Gasteiger partial charge in [0, 0.05) is 18.7 Å². The minimum absolute atomic E-state index is 0.263. The fourth-order valence-corrected chi connectivity index (χ4v) is 3.80. The van der Waals surface area contributed by atoms with Gasteiger partial charge in [-0.1, -0.05) is 41.9 Å². The molecule has 2 atom stereocenters. The highest BCUT2D eigenvalue weighted by Crippen LogP contribution is 2.29. The number of hydrogen-bond donors (Lipinski definition) is 4. The van der Waals surface area contributed by atoms with Crippen molar-refractivity contribution in [3.8, 4) is 0 Å². The Balaban J connectivity index is 1.41. The molecule has 2 aliphatic rings. The van der Waals surface area contributed by atoms with Gasteiger partial charge in [0.25, 0.3) is 5.91 Å². The van der Waals surface area contributed by atoms with Gasteiger partial charge in [0.15, 0.2) is 0 Å². The molecular formula is C24H31ClN4O2. The van der Waals surface area contributed by atoms with Crippen molar-refractivity contribution >= 4 is 23.3 Å². The number of benzene rings is 1. The van der Waals surface area contributed by atoms with Gasteiger partial charge in [-0.2, -0.15) is 0 Å². The van der Waals surface area contributed by atoms with E-state index in [4.69, 9.17) is 11.6 Å². The van der Waals surface area contributed by atoms with Crippen LogP contribution in [0.5, 0.6) is 0 Å². The van der Waals surface area contributed by atoms with E-state index in [0.717, 1.165) is 24.6 Å². The maximum atomic E-state index is 13.0. The number of nitrogens with one attached hydrogen (secondary N) is 3. The molecule has 1 aromatic carbocycles. The van der Waals surface area contributed by atoms with E-state index in [2.05, 4.69) is 20.9 Å². The Morgan fingerprint density at radius 2 is 1.81 bits per heavy atom. The molecule has 0 saturated heterocycles. The molecule has 0 radical (unpaired) electrons. The predicted octanol–water partition coefficient (Wildman–Crippen LogP) is 3.26. The van der Waals surface area contributed by atoms with Gasteiger partial charge in [0.1, 0.15) is 11.0 Å². The molecule has 0 aliphatic heterocycles. The highest BCUT2D eigenvalue weighted by Gasteiger charge is 2.25. The molecule has 0 bridgehead atoms. The van der Waals surface area contributed by atoms with E-state index in [1.54, 1.807) is 12.1 Å². The van der Waals surface area contributed by atoms with Crippen molar-refractivity contribution in [1.82, 2.24) is 15.6 Å². The van der Waals surface area contributed by atoms with Crippen molar-refractivity contribution in [1.29, 1.82) is 0 Å². The van der Waals surface area contributed by atoms with Crippen molar-refractivity contribution in [3.63, 3.8) is 0 Å². The van der Waals surface area contributed by atoms with Crippen LogP contribution < -0.4 is 16.0 Å². The summed E-state index contributed by atoms with van der Waals surface area (Å²) < 4.78 is 0. The average Bonchev–Trinajstić information content (AvgIpc) is 3.67. The molecule has 31 heavy (non-hydrogen) atoms. The van der Waals surface area contributed by atoms with Gasteiger partial charge in [-0.25, -0.2) is 4.98 Å². The van der Waals surface area contributed by atoms with E-state index < -0.39 is 12.1 Å². The van der Waals surface area contributed by atoms with Crippen LogP contribution in [-0.2, 0) is 6.42 Å². The SMILES string of the molecule is O=C(N[C@@H](Cc1ccccc1)[C@H](O)CNCC1CC1)c1cc(Cl)nc(NCC2CC2)c1. The fraction of sp³-hybridized carbons (Fsp3) is 0.500. The van der Waals surface area contributed by atoms with E-state index in [1.807, 2.05) is 30.3 Å². The number of rotatable bonds is 12. The Kier molecular flexibility index (Phi) is 7.43. The highest BCUT2D eigenvalue weighted by atomic mass is 35.5. The molecule has 1 heterocycles. The van der Waals surface area contributed by atoms with E-state index in [1.165, 1.54) is 25.7 Å². The minimum Gasteiger partial charge on any atom is -0.390 e. The summed E-state index contributed by atoms with van der Waals surface area (Å²) in [5.74, 6) is 1.76. The molecule has 0 unspecified atom stereocenters. The molecule has 0 spiro atoms. The monoisotopic (exact) mass is 442 g/mol. The minimum atomic E-state index is -0.701. The van der Waals surface area contributed by atoms with Crippen LogP contribution in [0.1, 0.15) is 41.6 Å². The normalized spacial score (nSPS) is 17.7. The number of hydrogen-bond acceptors (Lipinski definition) is 5. The van der Waals surface area contributed by atoms with Crippen LogP contribution in [0.4, 0.5) is 5.82 Å². The smallest absolute Gasteiger partial charge is 0.251 e. The molecule has 2 aromatic rings. The van der Waals surface area contributed by atoms with Gasteiger partial charge in [-0.05, 0) is 68.2 Å². The number of carbonyl (C=O) groups excluding carboxylic acids is 1. The van der Waals surface area contributed by atoms with Gasteiger partial charge in [-0.15, -0.1) is 0 Å². The van der Waals surface area contributed by atoms with Crippen molar-refractivity contribution in [2.75, 3.05) is 25.0 Å². The first-order valence-electron chi connectivity index (χ1n) is 11.2. The van der Waals surface area contributed by atoms with Crippen molar-refractivity contribution in [2.45, 2.75) is 44.2 Å². The third-order valence-electron chi connectivity index (χ3n) is 5.89. The second-order valence-electron chi connectivity index (χ2n) is 8.83. The predicted molar refractivity (Wildman–Crippen MR) is 123 cm³/mol. The third-order valence-corrected chi connectivity index (χ3v) is 6.08. The highest BCUT2D eigenvalue weighted by molar-refractivity contribution is 6.29. The molecular weight excluding hydrogens is 412 g/mol. The number of nitrogens with zero attached hydrogens (tertiary/aromatic N) is 1. The maximum absolute atomic E-state index is 13.0. The Labute approximate surface area is 188 Å². The first-order valence-corrected chi connectivity index (χ1v) is 11.6. The summed E-state index contributed by atoms with van der Waals surface area (Å²) in [4.78, 5) is 17.3. The standard InChI is InChI=1S/C24H31ClN4O2/c25-22-11-19(12-23(29-22)27-14-18-8-9-18)24(31)28-20(10-16-4-2-1-3-5-16)21(30)15-26-13-17-6-7-17/h1-5,11-12,17-18,20-21,26,30H,6-10,13-15H2,(H,27,29)(H,28,31)/t20-,21+/m0/s1. The average molecular weight is 443 g/mol. The van der Waals surface area contributed by atoms with Gasteiger partial charge in [-0.3, -0.25) is 4.79 Å². The van der Waals surface area contributed by atoms with Crippen molar-refractivity contribution in [2.24, 2.45) is 11.8 Å². The summed E-state index contributed by atoms with van der Waals surface area (Å²) >= 11 is 6.17. The van der Waals surface area contributed by atoms with Gasteiger partial charge < -0.3 is 21.1 Å². The molecule has 2 aliphatic carbocycles. The lowest BCUT2D eigenvalue weighted by Gasteiger charge is -2.25. The Morgan fingerprint density at radius 3 is 2.52 bits per heavy atom. The lowest BCUT2D eigenvalue weighted by atomic mass is 10.0. The molecule has 2 fully saturated rings. The lowest BCUT2D eigenvalue weighted by Crippen LogP contribution is -2.49. The Bertz CT molecular complexity index is 871. The summed E-state index contributed by atoms with van der Waals surface area (Å²) in [7, 11) is 0. The zero-order valence-electron chi connectivity index (χ0n) is 17.7. The second kappa shape index (κ2) is 10.4. The van der Waals surface area contributed by atoms with Crippen LogP contribution in [0.3, 0.4) is 0 Å². The molecule has 1 aromatic heterocycles. The molecule has 4 N–H and O–H groups in total. The van der Waals surface area contributed by atoms with Crippen LogP contribution in [-0.4, -0.2) is 47.8 Å². The van der Waals surface area contributed by atoms with Crippen LogP contribution in [0, 0.1) is 11.8 Å². The van der Waals surface area contributed by atoms with Gasteiger partial charge in [0.05, 0.1) is 12.1 Å². The molecule has 2 saturated carbocycles. The summed E-state index contributed by atoms with van der Waals surface area (Å²) in [6.07, 6.45) is 4.82. The summed E-state index contributed by atoms with van der Waals surface area (Å²) in [5, 5.41) is 20.7. The molecule has 4 rings (SSSR count). The van der Waals surface area contributed by atoms with Crippen LogP contribution in [0.25, 0.3) is 0 Å². The van der Waals surface area contributed by atoms with Crippen LogP contribution in [0.15, 0.2) is 42.5 Å². The van der Waals surface area contributed by atoms with Crippen molar-refractivity contribution in [3.05, 3.63) is 58.7 Å². The summed E-state index contributed by atoms with van der Waals surface area (Å²) in [5.41, 5.74) is 1.50. The summed E-state index contributed by atoms with van der Waals surface area (Å²) in [6.45, 7) is 2.20. The number of aliphatic hydroxyl groups is 1. The zero-order chi connectivity index (χ0) is 21.6. The van der Waals surface area contributed by atoms with E-state index in [9.17, 15) is 9.90 Å². The lowest BCUT2D eigenvalue weighted by molar-refractivity contribution is 0.0830. The van der Waals surface area contributed by atoms with Crippen LogP contribution in [0.2, 0.25) is 5.15 Å². The Morgan fingerprint density at radius 1 is 1.10 bits per heavy atom. The third kappa shape index (κ3) is 7.20. The topological polar surface area (TPSA) is 86.3 Å². The molecule has 7 heteroatoms. The maximum Gasteiger partial charge on any atom is 0.251 e. The number of halogens is 1.